The number of anilines is 1. The molecule has 1 atom stereocenters. The van der Waals surface area contributed by atoms with Gasteiger partial charge in [-0.1, -0.05) is 43.2 Å². The number of rotatable bonds is 11. The molecular formula is C28H36N4O4S. The van der Waals surface area contributed by atoms with Crippen LogP contribution in [0.15, 0.2) is 53.4 Å². The molecule has 0 radical (unpaired) electrons. The standard InChI is InChI=1S/C27H32N4O3S.CH4O/c1-18-7-5-8-19(2)26(18)24-14-25(34-17-21(28)16-33-22-10-3-4-11-22)30-27(29-24)31-35-23-12-6-9-20(13-23)15-32;1-2/h5-9,12-15,21-22H,3-4,10-11,16-17,28H2,1-2H3,(H,29,30,31);2H,1H3. The van der Waals surface area contributed by atoms with Gasteiger partial charge in [0.25, 0.3) is 0 Å². The van der Waals surface area contributed by atoms with Crippen LogP contribution in [0.5, 0.6) is 5.88 Å². The van der Waals surface area contributed by atoms with E-state index in [9.17, 15) is 4.79 Å². The average molecular weight is 525 g/mol. The molecule has 3 aromatic rings. The van der Waals surface area contributed by atoms with Gasteiger partial charge >= 0.3 is 0 Å². The Balaban J connectivity index is 0.00000186. The van der Waals surface area contributed by atoms with Gasteiger partial charge in [-0.25, -0.2) is 4.98 Å². The van der Waals surface area contributed by atoms with E-state index in [1.165, 1.54) is 24.8 Å². The number of carbonyl (C=O) groups excluding carboxylic acids is 1. The molecule has 8 nitrogen and oxygen atoms in total. The summed E-state index contributed by atoms with van der Waals surface area (Å²) < 4.78 is 15.1. The van der Waals surface area contributed by atoms with E-state index in [-0.39, 0.29) is 6.04 Å². The highest BCUT2D eigenvalue weighted by Crippen LogP contribution is 2.30. The van der Waals surface area contributed by atoms with Gasteiger partial charge in [0.05, 0.1) is 24.4 Å². The summed E-state index contributed by atoms with van der Waals surface area (Å²) in [6, 6.07) is 15.1. The smallest absolute Gasteiger partial charge is 0.237 e. The minimum absolute atomic E-state index is 0.244. The number of hydrogen-bond acceptors (Lipinski definition) is 9. The van der Waals surface area contributed by atoms with Gasteiger partial charge in [-0.3, -0.25) is 9.52 Å². The van der Waals surface area contributed by atoms with E-state index in [4.69, 9.17) is 25.3 Å². The van der Waals surface area contributed by atoms with Crippen LogP contribution in [0.25, 0.3) is 11.3 Å². The van der Waals surface area contributed by atoms with Crippen molar-refractivity contribution in [3.63, 3.8) is 0 Å². The predicted molar refractivity (Wildman–Crippen MR) is 148 cm³/mol. The van der Waals surface area contributed by atoms with E-state index in [0.29, 0.717) is 36.7 Å². The van der Waals surface area contributed by atoms with Gasteiger partial charge in [-0.2, -0.15) is 4.98 Å². The molecule has 0 aliphatic heterocycles. The zero-order valence-electron chi connectivity index (χ0n) is 21.6. The third kappa shape index (κ3) is 8.53. The normalized spacial score (nSPS) is 14.0. The van der Waals surface area contributed by atoms with Crippen molar-refractivity contribution in [1.29, 1.82) is 0 Å². The molecule has 4 rings (SSSR count). The minimum Gasteiger partial charge on any atom is -0.476 e. The second kappa shape index (κ2) is 14.7. The van der Waals surface area contributed by atoms with Crippen molar-refractivity contribution in [2.24, 2.45) is 5.73 Å². The van der Waals surface area contributed by atoms with Gasteiger partial charge in [-0.05, 0) is 61.9 Å². The molecule has 0 spiro atoms. The number of nitrogens with zero attached hydrogens (tertiary/aromatic N) is 2. The molecule has 1 heterocycles. The van der Waals surface area contributed by atoms with Gasteiger partial charge in [0.15, 0.2) is 0 Å². The molecule has 198 valence electrons. The zero-order chi connectivity index (χ0) is 26.6. The maximum Gasteiger partial charge on any atom is 0.237 e. The fraction of sp³-hybridized carbons (Fsp3) is 0.393. The molecule has 1 fully saturated rings. The summed E-state index contributed by atoms with van der Waals surface area (Å²) in [5.74, 6) is 0.858. The minimum atomic E-state index is -0.244. The number of nitrogens with two attached hydrogens (primary N) is 1. The SMILES string of the molecule is CO.Cc1cccc(C)c1-c1cc(OCC(N)COC2CCCC2)nc(NSc2cccc(C=O)c2)n1. The molecule has 1 aliphatic carbocycles. The molecule has 2 aromatic carbocycles. The number of nitrogens with one attached hydrogen (secondary N) is 1. The van der Waals surface area contributed by atoms with Crippen molar-refractivity contribution in [1.82, 2.24) is 9.97 Å². The Morgan fingerprint density at radius 1 is 1.08 bits per heavy atom. The van der Waals surface area contributed by atoms with Crippen LogP contribution in [0, 0.1) is 13.8 Å². The molecule has 1 unspecified atom stereocenters. The third-order valence-electron chi connectivity index (χ3n) is 5.99. The van der Waals surface area contributed by atoms with Crippen LogP contribution in [0.4, 0.5) is 5.95 Å². The average Bonchev–Trinajstić information content (AvgIpc) is 3.45. The topological polar surface area (TPSA) is 120 Å². The molecular weight excluding hydrogens is 488 g/mol. The van der Waals surface area contributed by atoms with Gasteiger partial charge in [0, 0.05) is 29.2 Å². The highest BCUT2D eigenvalue weighted by atomic mass is 32.2. The number of hydrogen-bond donors (Lipinski definition) is 3. The highest BCUT2D eigenvalue weighted by Gasteiger charge is 2.17. The molecule has 4 N–H and O–H groups in total. The lowest BCUT2D eigenvalue weighted by molar-refractivity contribution is 0.0408. The van der Waals surface area contributed by atoms with Crippen LogP contribution in [-0.2, 0) is 4.74 Å². The molecule has 0 saturated heterocycles. The monoisotopic (exact) mass is 524 g/mol. The van der Waals surface area contributed by atoms with E-state index >= 15 is 0 Å². The summed E-state index contributed by atoms with van der Waals surface area (Å²) in [5, 5.41) is 7.00. The van der Waals surface area contributed by atoms with Crippen LogP contribution in [0.2, 0.25) is 0 Å². The van der Waals surface area contributed by atoms with E-state index in [0.717, 1.165) is 53.5 Å². The Kier molecular flexibility index (Phi) is 11.3. The van der Waals surface area contributed by atoms with E-state index in [1.807, 2.05) is 24.3 Å². The number of aliphatic hydroxyl groups is 1. The largest absolute Gasteiger partial charge is 0.476 e. The maximum absolute atomic E-state index is 11.1. The Bertz CT molecular complexity index is 1130. The fourth-order valence-electron chi connectivity index (χ4n) is 4.20. The van der Waals surface area contributed by atoms with Crippen molar-refractivity contribution in [2.75, 3.05) is 25.0 Å². The molecule has 1 saturated carbocycles. The number of benzene rings is 2. The summed E-state index contributed by atoms with van der Waals surface area (Å²) >= 11 is 1.34. The van der Waals surface area contributed by atoms with E-state index in [1.54, 1.807) is 12.1 Å². The molecule has 0 bridgehead atoms. The van der Waals surface area contributed by atoms with Crippen molar-refractivity contribution >= 4 is 24.2 Å². The number of aromatic nitrogens is 2. The van der Waals surface area contributed by atoms with Gasteiger partial charge in [0.1, 0.15) is 12.9 Å². The summed E-state index contributed by atoms with van der Waals surface area (Å²) in [6.45, 7) is 4.89. The zero-order valence-corrected chi connectivity index (χ0v) is 22.5. The van der Waals surface area contributed by atoms with Crippen molar-refractivity contribution < 1.29 is 19.4 Å². The molecule has 0 amide bonds. The first kappa shape index (κ1) is 28.6. The first-order valence-electron chi connectivity index (χ1n) is 12.4. The Hall–Kier alpha value is -2.98. The van der Waals surface area contributed by atoms with Crippen molar-refractivity contribution in [3.05, 3.63) is 65.2 Å². The van der Waals surface area contributed by atoms with Crippen LogP contribution in [0.3, 0.4) is 0 Å². The Morgan fingerprint density at radius 3 is 2.49 bits per heavy atom. The Labute approximate surface area is 223 Å². The molecule has 37 heavy (non-hydrogen) atoms. The first-order chi connectivity index (χ1) is 18.0. The van der Waals surface area contributed by atoms with Crippen molar-refractivity contribution in [2.45, 2.75) is 56.6 Å². The van der Waals surface area contributed by atoms with Crippen LogP contribution in [-0.4, -0.2) is 53.8 Å². The number of aliphatic hydroxyl groups excluding tert-OH is 1. The lowest BCUT2D eigenvalue weighted by Crippen LogP contribution is -2.34. The predicted octanol–water partition coefficient (Wildman–Crippen LogP) is 4.97. The van der Waals surface area contributed by atoms with E-state index < -0.39 is 0 Å². The third-order valence-corrected chi connectivity index (χ3v) is 6.76. The second-order valence-corrected chi connectivity index (χ2v) is 9.77. The van der Waals surface area contributed by atoms with E-state index in [2.05, 4.69) is 35.7 Å². The summed E-state index contributed by atoms with van der Waals surface area (Å²) in [5.41, 5.74) is 10.9. The van der Waals surface area contributed by atoms with Gasteiger partial charge in [-0.15, -0.1) is 0 Å². The van der Waals surface area contributed by atoms with Gasteiger partial charge in [0.2, 0.25) is 11.8 Å². The van der Waals surface area contributed by atoms with Crippen molar-refractivity contribution in [3.8, 4) is 17.1 Å². The fourth-order valence-corrected chi connectivity index (χ4v) is 4.84. The quantitative estimate of drug-likeness (QED) is 0.236. The summed E-state index contributed by atoms with van der Waals surface area (Å²) in [6.07, 6.45) is 5.83. The van der Waals surface area contributed by atoms with Crippen LogP contribution >= 0.6 is 11.9 Å². The van der Waals surface area contributed by atoms with Gasteiger partial charge < -0.3 is 20.3 Å². The lowest BCUT2D eigenvalue weighted by Gasteiger charge is -2.17. The number of aldehydes is 1. The molecule has 1 aliphatic rings. The van der Waals surface area contributed by atoms with Crippen LogP contribution < -0.4 is 15.2 Å². The summed E-state index contributed by atoms with van der Waals surface area (Å²) in [4.78, 5) is 21.3. The molecule has 9 heteroatoms. The molecule has 1 aromatic heterocycles. The second-order valence-electron chi connectivity index (χ2n) is 8.89. The number of carbonyl (C=O) groups is 1. The van der Waals surface area contributed by atoms with Crippen LogP contribution in [0.1, 0.15) is 47.2 Å². The first-order valence-corrected chi connectivity index (χ1v) is 13.2. The Morgan fingerprint density at radius 2 is 1.78 bits per heavy atom. The number of aryl methyl sites for hydroxylation is 2. The number of ether oxygens (including phenoxy) is 2. The highest BCUT2D eigenvalue weighted by molar-refractivity contribution is 8.00. The maximum atomic E-state index is 11.1. The summed E-state index contributed by atoms with van der Waals surface area (Å²) in [7, 11) is 1.00. The lowest BCUT2D eigenvalue weighted by atomic mass is 10.00.